The molecular formula is C21H20F3N3O5S. The van der Waals surface area contributed by atoms with Gasteiger partial charge in [-0.2, -0.15) is 23.0 Å². The number of hydrogen-bond donors (Lipinski definition) is 0. The van der Waals surface area contributed by atoms with Crippen LogP contribution in [0.2, 0.25) is 0 Å². The van der Waals surface area contributed by atoms with Crippen LogP contribution < -0.4 is 10.3 Å². The smallest absolute Gasteiger partial charge is 0.416 e. The average Bonchev–Trinajstić information content (AvgIpc) is 2.76. The van der Waals surface area contributed by atoms with Crippen molar-refractivity contribution in [1.82, 2.24) is 14.8 Å². The summed E-state index contributed by atoms with van der Waals surface area (Å²) < 4.78 is 76.5. The van der Waals surface area contributed by atoms with Gasteiger partial charge in [0.25, 0.3) is 5.56 Å². The third kappa shape index (κ3) is 4.44. The number of pyridine rings is 1. The predicted molar refractivity (Wildman–Crippen MR) is 112 cm³/mol. The highest BCUT2D eigenvalue weighted by Gasteiger charge is 2.35. The van der Waals surface area contributed by atoms with Gasteiger partial charge in [0.1, 0.15) is 10.6 Å². The van der Waals surface area contributed by atoms with Crippen LogP contribution in [-0.4, -0.2) is 48.8 Å². The summed E-state index contributed by atoms with van der Waals surface area (Å²) in [6, 6.07) is 3.94. The first kappa shape index (κ1) is 23.2. The zero-order valence-electron chi connectivity index (χ0n) is 17.7. The molecule has 4 rings (SSSR count). The van der Waals surface area contributed by atoms with E-state index in [9.17, 15) is 26.4 Å². The minimum absolute atomic E-state index is 0.173. The SMILES string of the molecule is CCS(=O)(=O)c1cc(OCC2(C)COC2)cnc1-n1ncc2ccc(C(F)(F)F)cc2c1=O. The molecule has 3 heterocycles. The van der Waals surface area contributed by atoms with E-state index in [0.29, 0.717) is 24.0 Å². The van der Waals surface area contributed by atoms with Crippen LogP contribution in [0.25, 0.3) is 16.6 Å². The van der Waals surface area contributed by atoms with Crippen molar-refractivity contribution in [3.8, 4) is 11.6 Å². The second-order valence-corrected chi connectivity index (χ2v) is 10.4. The molecule has 176 valence electrons. The van der Waals surface area contributed by atoms with Gasteiger partial charge in [0.15, 0.2) is 15.7 Å². The van der Waals surface area contributed by atoms with Crippen LogP contribution in [0.5, 0.6) is 5.75 Å². The van der Waals surface area contributed by atoms with Gasteiger partial charge in [-0.3, -0.25) is 4.79 Å². The van der Waals surface area contributed by atoms with Gasteiger partial charge in [-0.25, -0.2) is 13.4 Å². The van der Waals surface area contributed by atoms with E-state index < -0.39 is 27.1 Å². The third-order valence-electron chi connectivity index (χ3n) is 5.33. The summed E-state index contributed by atoms with van der Waals surface area (Å²) >= 11 is 0. The Morgan fingerprint density at radius 2 is 1.94 bits per heavy atom. The Labute approximate surface area is 186 Å². The fourth-order valence-electron chi connectivity index (χ4n) is 3.30. The summed E-state index contributed by atoms with van der Waals surface area (Å²) in [5.41, 5.74) is -2.13. The van der Waals surface area contributed by atoms with Crippen molar-refractivity contribution in [3.05, 3.63) is 52.6 Å². The highest BCUT2D eigenvalue weighted by Crippen LogP contribution is 2.31. The molecule has 8 nitrogen and oxygen atoms in total. The first-order valence-electron chi connectivity index (χ1n) is 9.97. The van der Waals surface area contributed by atoms with E-state index >= 15 is 0 Å². The minimum Gasteiger partial charge on any atom is -0.491 e. The molecule has 0 unspecified atom stereocenters. The highest BCUT2D eigenvalue weighted by atomic mass is 32.2. The van der Waals surface area contributed by atoms with Gasteiger partial charge in [-0.05, 0) is 12.1 Å². The molecule has 0 atom stereocenters. The molecule has 1 saturated heterocycles. The number of hydrogen-bond acceptors (Lipinski definition) is 7. The van der Waals surface area contributed by atoms with Gasteiger partial charge in [-0.1, -0.05) is 19.9 Å². The van der Waals surface area contributed by atoms with E-state index in [1.54, 1.807) is 0 Å². The lowest BCUT2D eigenvalue weighted by Gasteiger charge is -2.37. The molecule has 0 aliphatic carbocycles. The van der Waals surface area contributed by atoms with Crippen LogP contribution in [0.15, 0.2) is 46.3 Å². The molecule has 33 heavy (non-hydrogen) atoms. The second kappa shape index (κ2) is 8.10. The molecule has 0 bridgehead atoms. The zero-order chi connectivity index (χ0) is 24.0. The zero-order valence-corrected chi connectivity index (χ0v) is 18.5. The number of rotatable bonds is 6. The van der Waals surface area contributed by atoms with E-state index in [1.807, 2.05) is 6.92 Å². The Kier molecular flexibility index (Phi) is 5.69. The van der Waals surface area contributed by atoms with E-state index in [1.165, 1.54) is 25.4 Å². The van der Waals surface area contributed by atoms with Crippen molar-refractivity contribution in [2.75, 3.05) is 25.6 Å². The summed E-state index contributed by atoms with van der Waals surface area (Å²) in [5.74, 6) is -0.434. The summed E-state index contributed by atoms with van der Waals surface area (Å²) in [5, 5.41) is 3.87. The summed E-state index contributed by atoms with van der Waals surface area (Å²) in [6.07, 6.45) is -2.22. The van der Waals surface area contributed by atoms with Gasteiger partial charge in [0.05, 0.1) is 48.9 Å². The van der Waals surface area contributed by atoms with Gasteiger partial charge in [0.2, 0.25) is 0 Å². The lowest BCUT2D eigenvalue weighted by Crippen LogP contribution is -2.44. The van der Waals surface area contributed by atoms with Crippen LogP contribution in [0, 0.1) is 5.41 Å². The molecular weight excluding hydrogens is 463 g/mol. The van der Waals surface area contributed by atoms with Crippen LogP contribution in [0.1, 0.15) is 19.4 Å². The maximum absolute atomic E-state index is 13.1. The first-order chi connectivity index (χ1) is 15.4. The number of aromatic nitrogens is 3. The molecule has 0 radical (unpaired) electrons. The summed E-state index contributed by atoms with van der Waals surface area (Å²) in [7, 11) is -3.89. The molecule has 1 aliphatic heterocycles. The second-order valence-electron chi connectivity index (χ2n) is 8.15. The topological polar surface area (TPSA) is 100 Å². The molecule has 1 fully saturated rings. The van der Waals surface area contributed by atoms with Crippen molar-refractivity contribution in [3.63, 3.8) is 0 Å². The molecule has 0 N–H and O–H groups in total. The van der Waals surface area contributed by atoms with Gasteiger partial charge in [0, 0.05) is 16.9 Å². The Morgan fingerprint density at radius 3 is 2.55 bits per heavy atom. The van der Waals surface area contributed by atoms with Crippen LogP contribution in [-0.2, 0) is 20.8 Å². The monoisotopic (exact) mass is 483 g/mol. The fourth-order valence-corrected chi connectivity index (χ4v) is 4.32. The Bertz CT molecular complexity index is 1380. The van der Waals surface area contributed by atoms with Gasteiger partial charge < -0.3 is 9.47 Å². The van der Waals surface area contributed by atoms with E-state index in [0.717, 1.165) is 12.1 Å². The molecule has 1 aliphatic rings. The number of sulfone groups is 1. The summed E-state index contributed by atoms with van der Waals surface area (Å²) in [4.78, 5) is 16.8. The number of benzene rings is 1. The highest BCUT2D eigenvalue weighted by molar-refractivity contribution is 7.91. The average molecular weight is 483 g/mol. The van der Waals surface area contributed by atoms with Crippen molar-refractivity contribution in [2.45, 2.75) is 24.9 Å². The Hall–Kier alpha value is -2.99. The van der Waals surface area contributed by atoms with Crippen LogP contribution in [0.4, 0.5) is 13.2 Å². The fraction of sp³-hybridized carbons (Fsp3) is 0.381. The van der Waals surface area contributed by atoms with E-state index in [4.69, 9.17) is 9.47 Å². The molecule has 1 aromatic carbocycles. The Balaban J connectivity index is 1.83. The predicted octanol–water partition coefficient (Wildman–Crippen LogP) is 3.01. The van der Waals surface area contributed by atoms with Crippen molar-refractivity contribution in [2.24, 2.45) is 5.41 Å². The summed E-state index contributed by atoms with van der Waals surface area (Å²) in [6.45, 7) is 4.67. The maximum atomic E-state index is 13.1. The Morgan fingerprint density at radius 1 is 1.21 bits per heavy atom. The van der Waals surface area contributed by atoms with Crippen molar-refractivity contribution < 1.29 is 31.1 Å². The normalized spacial score (nSPS) is 15.9. The number of fused-ring (bicyclic) bond motifs is 1. The lowest BCUT2D eigenvalue weighted by atomic mass is 9.90. The molecule has 0 amide bonds. The van der Waals surface area contributed by atoms with Gasteiger partial charge in [-0.15, -0.1) is 0 Å². The maximum Gasteiger partial charge on any atom is 0.416 e. The largest absolute Gasteiger partial charge is 0.491 e. The minimum atomic E-state index is -4.65. The molecule has 0 spiro atoms. The van der Waals surface area contributed by atoms with Gasteiger partial charge >= 0.3 is 6.18 Å². The molecule has 0 saturated carbocycles. The number of halogens is 3. The molecule has 12 heteroatoms. The number of alkyl halides is 3. The molecule has 3 aromatic rings. The van der Waals surface area contributed by atoms with E-state index in [-0.39, 0.29) is 45.0 Å². The van der Waals surface area contributed by atoms with Crippen LogP contribution in [0.3, 0.4) is 0 Å². The third-order valence-corrected chi connectivity index (χ3v) is 7.06. The quantitative estimate of drug-likeness (QED) is 0.531. The first-order valence-corrected chi connectivity index (χ1v) is 11.6. The lowest BCUT2D eigenvalue weighted by molar-refractivity contribution is -0.137. The molecule has 2 aromatic heterocycles. The van der Waals surface area contributed by atoms with Crippen molar-refractivity contribution in [1.29, 1.82) is 0 Å². The van der Waals surface area contributed by atoms with E-state index in [2.05, 4.69) is 10.1 Å². The van der Waals surface area contributed by atoms with Crippen molar-refractivity contribution >= 4 is 20.6 Å². The standard InChI is InChI=1S/C21H20F3N3O5S/c1-3-33(29,30)17-7-15(32-12-20(2)10-31-11-20)9-25-18(17)27-19(28)16-6-14(21(22,23)24)5-4-13(16)8-26-27/h4-9H,3,10-12H2,1-2H3. The van der Waals surface area contributed by atoms with Crippen LogP contribution >= 0.6 is 0 Å². The number of nitrogens with zero attached hydrogens (tertiary/aromatic N) is 3. The number of ether oxygens (including phenoxy) is 2.